The Hall–Kier alpha value is -1.09. The topological polar surface area (TPSA) is 95.5 Å². The fraction of sp³-hybridized carbons (Fsp3) is 0.500. The zero-order chi connectivity index (χ0) is 16.6. The lowest BCUT2D eigenvalue weighted by Gasteiger charge is -2.18. The summed E-state index contributed by atoms with van der Waals surface area (Å²) < 4.78 is 27.1. The molecule has 1 atom stereocenters. The van der Waals surface area contributed by atoms with Crippen molar-refractivity contribution < 1.29 is 18.3 Å². The van der Waals surface area contributed by atoms with Gasteiger partial charge in [-0.2, -0.15) is 16.5 Å². The number of carbonyl (C=O) groups is 1. The second-order valence-corrected chi connectivity index (χ2v) is 7.48. The maximum absolute atomic E-state index is 12.3. The Morgan fingerprint density at radius 3 is 2.50 bits per heavy atom. The Kier molecular flexibility index (Phi) is 7.88. The summed E-state index contributed by atoms with van der Waals surface area (Å²) >= 11 is 1.53. The van der Waals surface area contributed by atoms with E-state index in [0.717, 1.165) is 5.56 Å². The molecule has 124 valence electrons. The summed E-state index contributed by atoms with van der Waals surface area (Å²) in [6, 6.07) is 5.57. The smallest absolute Gasteiger partial charge is 0.241 e. The summed E-state index contributed by atoms with van der Waals surface area (Å²) in [6.45, 7) is 1.78. The van der Waals surface area contributed by atoms with E-state index < -0.39 is 22.0 Å². The lowest BCUT2D eigenvalue weighted by Crippen LogP contribution is -2.47. The van der Waals surface area contributed by atoms with E-state index >= 15 is 0 Å². The molecule has 0 bridgehead atoms. The van der Waals surface area contributed by atoms with Crippen molar-refractivity contribution in [1.29, 1.82) is 0 Å². The second kappa shape index (κ2) is 9.14. The van der Waals surface area contributed by atoms with Crippen LogP contribution in [-0.4, -0.2) is 50.6 Å². The highest BCUT2D eigenvalue weighted by Crippen LogP contribution is 2.12. The van der Waals surface area contributed by atoms with Gasteiger partial charge in [-0.05, 0) is 37.5 Å². The maximum Gasteiger partial charge on any atom is 0.241 e. The van der Waals surface area contributed by atoms with Crippen LogP contribution in [-0.2, 0) is 14.8 Å². The third kappa shape index (κ3) is 5.96. The number of aryl methyl sites for hydroxylation is 1. The summed E-state index contributed by atoms with van der Waals surface area (Å²) in [5.74, 6) is 0.215. The van der Waals surface area contributed by atoms with E-state index in [1.54, 1.807) is 12.1 Å². The molecular weight excluding hydrogens is 324 g/mol. The highest BCUT2D eigenvalue weighted by molar-refractivity contribution is 7.98. The van der Waals surface area contributed by atoms with E-state index in [-0.39, 0.29) is 18.0 Å². The van der Waals surface area contributed by atoms with Crippen LogP contribution >= 0.6 is 11.8 Å². The Bertz CT molecular complexity index is 573. The minimum Gasteiger partial charge on any atom is -0.395 e. The molecule has 1 aromatic carbocycles. The summed E-state index contributed by atoms with van der Waals surface area (Å²) in [6.07, 6.45) is 2.26. The molecule has 0 fully saturated rings. The maximum atomic E-state index is 12.3. The average molecular weight is 346 g/mol. The quantitative estimate of drug-likeness (QED) is 0.605. The standard InChI is InChI=1S/C14H22N2O4S2/c1-11-3-5-12(6-4-11)22(19,20)16-13(7-10-21-2)14(18)15-8-9-17/h3-6,13,16-17H,7-10H2,1-2H3,(H,15,18)/t13-/m0/s1. The van der Waals surface area contributed by atoms with Crippen LogP contribution in [0.15, 0.2) is 29.2 Å². The zero-order valence-corrected chi connectivity index (χ0v) is 14.3. The number of aliphatic hydroxyl groups excluding tert-OH is 1. The number of benzene rings is 1. The molecular formula is C14H22N2O4S2. The first-order valence-electron chi connectivity index (χ1n) is 6.87. The number of carbonyl (C=O) groups excluding carboxylic acids is 1. The highest BCUT2D eigenvalue weighted by Gasteiger charge is 2.25. The van der Waals surface area contributed by atoms with Gasteiger partial charge in [-0.1, -0.05) is 17.7 Å². The minimum atomic E-state index is -3.76. The van der Waals surface area contributed by atoms with Crippen molar-refractivity contribution in [2.45, 2.75) is 24.3 Å². The highest BCUT2D eigenvalue weighted by atomic mass is 32.2. The van der Waals surface area contributed by atoms with Gasteiger partial charge in [0, 0.05) is 6.54 Å². The van der Waals surface area contributed by atoms with Crippen molar-refractivity contribution >= 4 is 27.7 Å². The normalized spacial score (nSPS) is 12.9. The van der Waals surface area contributed by atoms with Crippen LogP contribution in [0.4, 0.5) is 0 Å². The monoisotopic (exact) mass is 346 g/mol. The molecule has 1 aromatic rings. The van der Waals surface area contributed by atoms with Gasteiger partial charge in [0.2, 0.25) is 15.9 Å². The molecule has 0 heterocycles. The summed E-state index contributed by atoms with van der Waals surface area (Å²) in [5, 5.41) is 11.3. The van der Waals surface area contributed by atoms with Gasteiger partial charge in [-0.25, -0.2) is 8.42 Å². The number of nitrogens with one attached hydrogen (secondary N) is 2. The number of hydrogen-bond acceptors (Lipinski definition) is 5. The van der Waals surface area contributed by atoms with E-state index in [2.05, 4.69) is 10.0 Å². The van der Waals surface area contributed by atoms with Crippen LogP contribution in [0.1, 0.15) is 12.0 Å². The molecule has 1 rings (SSSR count). The van der Waals surface area contributed by atoms with E-state index in [0.29, 0.717) is 12.2 Å². The van der Waals surface area contributed by atoms with Crippen molar-refractivity contribution in [2.24, 2.45) is 0 Å². The molecule has 0 aliphatic rings. The minimum absolute atomic E-state index is 0.0981. The van der Waals surface area contributed by atoms with Crippen LogP contribution in [0.2, 0.25) is 0 Å². The first-order valence-corrected chi connectivity index (χ1v) is 9.75. The van der Waals surface area contributed by atoms with E-state index in [9.17, 15) is 13.2 Å². The second-order valence-electron chi connectivity index (χ2n) is 4.78. The number of thioether (sulfide) groups is 1. The first kappa shape index (κ1) is 19.0. The Morgan fingerprint density at radius 1 is 1.32 bits per heavy atom. The van der Waals surface area contributed by atoms with E-state index in [1.807, 2.05) is 13.2 Å². The third-order valence-corrected chi connectivity index (χ3v) is 5.10. The Morgan fingerprint density at radius 2 is 1.95 bits per heavy atom. The number of hydrogen-bond donors (Lipinski definition) is 3. The average Bonchev–Trinajstić information content (AvgIpc) is 2.49. The molecule has 8 heteroatoms. The lowest BCUT2D eigenvalue weighted by atomic mass is 10.2. The van der Waals surface area contributed by atoms with Crippen LogP contribution < -0.4 is 10.0 Å². The van der Waals surface area contributed by atoms with Gasteiger partial charge in [-0.15, -0.1) is 0 Å². The van der Waals surface area contributed by atoms with Gasteiger partial charge in [-0.3, -0.25) is 4.79 Å². The Balaban J connectivity index is 2.86. The molecule has 22 heavy (non-hydrogen) atoms. The van der Waals surface area contributed by atoms with Crippen LogP contribution in [0.25, 0.3) is 0 Å². The molecule has 6 nitrogen and oxygen atoms in total. The predicted octanol–water partition coefficient (Wildman–Crippen LogP) is 0.504. The molecule has 3 N–H and O–H groups in total. The van der Waals surface area contributed by atoms with Gasteiger partial charge in [0.15, 0.2) is 0 Å². The van der Waals surface area contributed by atoms with Crippen molar-refractivity contribution in [3.05, 3.63) is 29.8 Å². The molecule has 0 aliphatic carbocycles. The number of rotatable bonds is 9. The van der Waals surface area contributed by atoms with Crippen LogP contribution in [0, 0.1) is 6.92 Å². The molecule has 1 amide bonds. The number of sulfonamides is 1. The molecule has 0 saturated carbocycles. The molecule has 0 saturated heterocycles. The van der Waals surface area contributed by atoms with Gasteiger partial charge in [0.05, 0.1) is 11.5 Å². The summed E-state index contributed by atoms with van der Waals surface area (Å²) in [4.78, 5) is 12.1. The first-order chi connectivity index (χ1) is 10.4. The summed E-state index contributed by atoms with van der Waals surface area (Å²) in [7, 11) is -3.76. The van der Waals surface area contributed by atoms with Crippen molar-refractivity contribution in [3.8, 4) is 0 Å². The number of aliphatic hydroxyl groups is 1. The van der Waals surface area contributed by atoms with Gasteiger partial charge >= 0.3 is 0 Å². The molecule has 0 unspecified atom stereocenters. The largest absolute Gasteiger partial charge is 0.395 e. The van der Waals surface area contributed by atoms with E-state index in [4.69, 9.17) is 5.11 Å². The number of amides is 1. The molecule has 0 radical (unpaired) electrons. The fourth-order valence-electron chi connectivity index (χ4n) is 1.75. The molecule has 0 aliphatic heterocycles. The van der Waals surface area contributed by atoms with Gasteiger partial charge in [0.25, 0.3) is 0 Å². The van der Waals surface area contributed by atoms with Crippen molar-refractivity contribution in [2.75, 3.05) is 25.2 Å². The fourth-order valence-corrected chi connectivity index (χ4v) is 3.46. The third-order valence-electron chi connectivity index (χ3n) is 2.97. The summed E-state index contributed by atoms with van der Waals surface area (Å²) in [5.41, 5.74) is 0.957. The lowest BCUT2D eigenvalue weighted by molar-refractivity contribution is -0.122. The van der Waals surface area contributed by atoms with Gasteiger partial charge in [0.1, 0.15) is 6.04 Å². The van der Waals surface area contributed by atoms with E-state index in [1.165, 1.54) is 23.9 Å². The van der Waals surface area contributed by atoms with Gasteiger partial charge < -0.3 is 10.4 Å². The van der Waals surface area contributed by atoms with Crippen molar-refractivity contribution in [1.82, 2.24) is 10.0 Å². The Labute approximate surface area is 135 Å². The molecule has 0 aromatic heterocycles. The van der Waals surface area contributed by atoms with Crippen molar-refractivity contribution in [3.63, 3.8) is 0 Å². The van der Waals surface area contributed by atoms with Crippen LogP contribution in [0.5, 0.6) is 0 Å². The predicted molar refractivity (Wildman–Crippen MR) is 88.4 cm³/mol. The van der Waals surface area contributed by atoms with Crippen LogP contribution in [0.3, 0.4) is 0 Å². The SMILES string of the molecule is CSCC[C@H](NS(=O)(=O)c1ccc(C)cc1)C(=O)NCCO. The molecule has 0 spiro atoms. The zero-order valence-electron chi connectivity index (χ0n) is 12.7.